The van der Waals surface area contributed by atoms with E-state index in [0.717, 1.165) is 144 Å². The zero-order chi connectivity index (χ0) is 69.9. The van der Waals surface area contributed by atoms with Crippen LogP contribution in [0.3, 0.4) is 0 Å². The number of hydrogen-bond acceptors (Lipinski definition) is 12. The molecule has 0 spiro atoms. The number of hydrogen-bond donors (Lipinski definition) is 0. The zero-order valence-corrected chi connectivity index (χ0v) is 59.3. The molecule has 4 atom stereocenters. The van der Waals surface area contributed by atoms with Crippen LogP contribution in [0.2, 0.25) is 5.15 Å². The van der Waals surface area contributed by atoms with Crippen LogP contribution in [0.4, 0.5) is 21.5 Å². The van der Waals surface area contributed by atoms with Gasteiger partial charge >= 0.3 is 0 Å². The summed E-state index contributed by atoms with van der Waals surface area (Å²) in [5, 5.41) is 36.3. The van der Waals surface area contributed by atoms with Gasteiger partial charge in [0.05, 0.1) is 64.0 Å². The Morgan fingerprint density at radius 3 is 1.70 bits per heavy atom. The standard InChI is InChI=1S/C28H30FN5.C27H25ClN6.C27H27N7/c1-19-14-32(18-23(19)15-31(2)3)25-8-9-26-22(12-25)17-33-16-21(20-4-6-24(29)7-5-20)13-27(33)28-30-10-11-34(26)28;1-2-3-19-10-11-32(15-19)22-8-9-24-21(12-22)16-33-25(27-31-30-17-34(24)27)13-23(26(33)28)20-6-4-18(14-29)5-7-20;1-31(2)24-4-3-11-32(17-24)23-9-10-25-22(12-23)16-33-15-21(20-7-5-19(14-28)6-8-20)13-26(33)27-30-29-18-34(25)27/h4-13,16,19,23H,14-15,17-18H2,1-3H3;4-9,12-13,17,19H,2-3,10-11,15-16H2,1H3;5-10,12-13,15,18,24H,3-4,11,16-17H2,1-2H3/t19-,23+;19-;/m10./s1. The van der Waals surface area contributed by atoms with Crippen molar-refractivity contribution in [2.75, 3.05) is 88.7 Å². The lowest BCUT2D eigenvalue weighted by atomic mass is 9.98. The minimum absolute atomic E-state index is 0.217. The van der Waals surface area contributed by atoms with Gasteiger partial charge in [-0.1, -0.05) is 68.3 Å². The molecule has 6 aliphatic heterocycles. The van der Waals surface area contributed by atoms with Crippen molar-refractivity contribution in [3.05, 3.63) is 222 Å². The summed E-state index contributed by atoms with van der Waals surface area (Å²) in [6.45, 7) is 14.5. The number of aromatic nitrogens is 11. The SMILES string of the molecule is CCC[C@H]1CCN(c2ccc3c(c2)Cn2c(cc(-c4ccc(C#N)cc4)c2Cl)-c2nncn2-3)C1.CN(C)C1CCCN(c2ccc3c(c2)Cn2cc(-c4ccc(C#N)cc4)cc2-c2nncn2-3)C1.C[C@@H]1CN(c2ccc3c(c2)Cn2cc(-c4ccc(F)cc4)cc2-c2nccn2-3)C[C@@H]1CN(C)C. The second kappa shape index (κ2) is 27.6. The van der Waals surface area contributed by atoms with Crippen molar-refractivity contribution in [1.29, 1.82) is 10.5 Å². The Bertz CT molecular complexity index is 5150. The summed E-state index contributed by atoms with van der Waals surface area (Å²) in [4.78, 5) is 16.9. The van der Waals surface area contributed by atoms with Crippen LogP contribution in [0, 0.1) is 46.2 Å². The van der Waals surface area contributed by atoms with Crippen LogP contribution >= 0.6 is 11.6 Å². The highest BCUT2D eigenvalue weighted by Crippen LogP contribution is 2.43. The van der Waals surface area contributed by atoms with Crippen molar-refractivity contribution in [3.63, 3.8) is 0 Å². The molecule has 6 aliphatic rings. The summed E-state index contributed by atoms with van der Waals surface area (Å²) in [5.41, 5.74) is 21.5. The molecule has 1 unspecified atom stereocenters. The number of piperidine rings is 1. The molecule has 0 aliphatic carbocycles. The van der Waals surface area contributed by atoms with Crippen LogP contribution in [-0.4, -0.2) is 143 Å². The van der Waals surface area contributed by atoms with Crippen LogP contribution in [0.1, 0.15) is 73.8 Å². The summed E-state index contributed by atoms with van der Waals surface area (Å²) < 4.78 is 26.5. The fraction of sp³-hybridized carbons (Fsp3) is 0.305. The Labute approximate surface area is 599 Å². The van der Waals surface area contributed by atoms with Crippen molar-refractivity contribution in [2.24, 2.45) is 17.8 Å². The summed E-state index contributed by atoms with van der Waals surface area (Å²) in [7, 11) is 8.68. The number of nitrogens with zero attached hydrogens (tertiary/aromatic N) is 18. The van der Waals surface area contributed by atoms with E-state index in [0.29, 0.717) is 40.7 Å². The summed E-state index contributed by atoms with van der Waals surface area (Å²) in [6.07, 6.45) is 18.1. The maximum Gasteiger partial charge on any atom is 0.185 e. The Balaban J connectivity index is 0.000000118. The van der Waals surface area contributed by atoms with E-state index in [1.54, 1.807) is 12.7 Å². The molecule has 0 radical (unpaired) electrons. The first-order valence-electron chi connectivity index (χ1n) is 35.6. The predicted octanol–water partition coefficient (Wildman–Crippen LogP) is 15.2. The maximum absolute atomic E-state index is 13.5. The van der Waals surface area contributed by atoms with Crippen LogP contribution in [-0.2, 0) is 19.6 Å². The highest BCUT2D eigenvalue weighted by Gasteiger charge is 2.33. The second-order valence-corrected chi connectivity index (χ2v) is 29.2. The first-order valence-corrected chi connectivity index (χ1v) is 36.0. The number of imidazole rings is 1. The zero-order valence-electron chi connectivity index (χ0n) is 58.5. The lowest BCUT2D eigenvalue weighted by molar-refractivity contribution is 0.258. The van der Waals surface area contributed by atoms with Gasteiger partial charge in [-0.25, -0.2) is 9.37 Å². The molecule has 20 heteroatoms. The molecule has 6 aromatic heterocycles. The highest BCUT2D eigenvalue weighted by atomic mass is 35.5. The van der Waals surface area contributed by atoms with Gasteiger partial charge in [-0.05, 0) is 214 Å². The Hall–Kier alpha value is -10.8. The third-order valence-corrected chi connectivity index (χ3v) is 22.1. The maximum atomic E-state index is 13.5. The van der Waals surface area contributed by atoms with Crippen LogP contribution < -0.4 is 14.7 Å². The van der Waals surface area contributed by atoms with E-state index in [-0.39, 0.29) is 5.82 Å². The Kier molecular flexibility index (Phi) is 17.8. The summed E-state index contributed by atoms with van der Waals surface area (Å²) >= 11 is 6.97. The van der Waals surface area contributed by atoms with Gasteiger partial charge in [0.1, 0.15) is 23.6 Å². The van der Waals surface area contributed by atoms with Gasteiger partial charge in [0.2, 0.25) is 0 Å². The third kappa shape index (κ3) is 12.6. The van der Waals surface area contributed by atoms with Gasteiger partial charge in [-0.3, -0.25) is 13.7 Å². The van der Waals surface area contributed by atoms with Crippen LogP contribution in [0.25, 0.3) is 85.0 Å². The minimum Gasteiger partial charge on any atom is -0.371 e. The molecule has 18 nitrogen and oxygen atoms in total. The number of nitriles is 2. The summed E-state index contributed by atoms with van der Waals surface area (Å²) in [6, 6.07) is 53.7. The van der Waals surface area contributed by atoms with E-state index in [2.05, 4.69) is 212 Å². The van der Waals surface area contributed by atoms with E-state index in [4.69, 9.17) is 27.1 Å². The molecule has 3 fully saturated rings. The molecular formula is C82H82ClFN18. The lowest BCUT2D eigenvalue weighted by Gasteiger charge is -2.37. The van der Waals surface area contributed by atoms with Crippen molar-refractivity contribution >= 4 is 28.7 Å². The third-order valence-electron chi connectivity index (χ3n) is 21.6. The molecular weight excluding hydrogens is 1290 g/mol. The quantitative estimate of drug-likeness (QED) is 0.121. The number of anilines is 3. The summed E-state index contributed by atoms with van der Waals surface area (Å²) in [5.74, 6) is 4.48. The van der Waals surface area contributed by atoms with E-state index in [9.17, 15) is 4.39 Å². The van der Waals surface area contributed by atoms with Gasteiger partial charge in [0, 0.05) is 123 Å². The van der Waals surface area contributed by atoms with E-state index >= 15 is 0 Å². The molecule has 514 valence electrons. The van der Waals surface area contributed by atoms with Crippen molar-refractivity contribution < 1.29 is 4.39 Å². The monoisotopic (exact) mass is 1370 g/mol. The molecule has 6 aromatic carbocycles. The highest BCUT2D eigenvalue weighted by molar-refractivity contribution is 6.32. The van der Waals surface area contributed by atoms with E-state index in [1.807, 2.05) is 73.1 Å². The van der Waals surface area contributed by atoms with Gasteiger partial charge in [0.25, 0.3) is 0 Å². The number of benzene rings is 6. The second-order valence-electron chi connectivity index (χ2n) is 28.8. The van der Waals surface area contributed by atoms with Crippen LogP contribution in [0.5, 0.6) is 0 Å². The van der Waals surface area contributed by atoms with E-state index in [1.165, 1.54) is 83.7 Å². The number of rotatable bonds is 11. The number of halogens is 2. The Morgan fingerprint density at radius 1 is 0.559 bits per heavy atom. The van der Waals surface area contributed by atoms with Gasteiger partial charge in [0.15, 0.2) is 17.5 Å². The molecule has 18 rings (SSSR count). The molecule has 12 heterocycles. The largest absolute Gasteiger partial charge is 0.371 e. The molecule has 0 N–H and O–H groups in total. The normalized spacial score (nSPS) is 17.5. The molecule has 0 amide bonds. The van der Waals surface area contributed by atoms with Crippen molar-refractivity contribution in [3.8, 4) is 97.1 Å². The van der Waals surface area contributed by atoms with E-state index < -0.39 is 0 Å². The topological polar surface area (TPSA) is 158 Å². The minimum atomic E-state index is -0.217. The molecule has 102 heavy (non-hydrogen) atoms. The first kappa shape index (κ1) is 65.8. The first-order chi connectivity index (χ1) is 49.7. The Morgan fingerprint density at radius 2 is 1.11 bits per heavy atom. The van der Waals surface area contributed by atoms with Gasteiger partial charge < -0.3 is 38.2 Å². The average molecular weight is 1370 g/mol. The fourth-order valence-corrected chi connectivity index (χ4v) is 16.5. The smallest absolute Gasteiger partial charge is 0.185 e. The van der Waals surface area contributed by atoms with Gasteiger partial charge in [-0.2, -0.15) is 10.5 Å². The number of fused-ring (bicyclic) bond motifs is 15. The molecule has 12 aromatic rings. The van der Waals surface area contributed by atoms with Crippen molar-refractivity contribution in [1.82, 2.24) is 62.6 Å². The van der Waals surface area contributed by atoms with Crippen LogP contribution in [0.15, 0.2) is 183 Å². The predicted molar refractivity (Wildman–Crippen MR) is 402 cm³/mol. The van der Waals surface area contributed by atoms with Crippen molar-refractivity contribution in [2.45, 2.75) is 71.6 Å². The fourth-order valence-electron chi connectivity index (χ4n) is 16.2. The molecule has 0 bridgehead atoms. The molecule has 3 saturated heterocycles. The lowest BCUT2D eigenvalue weighted by Crippen LogP contribution is -2.45. The average Bonchev–Trinajstić information content (AvgIpc) is 1.61. The molecule has 0 saturated carbocycles. The van der Waals surface area contributed by atoms with Gasteiger partial charge in [-0.15, -0.1) is 20.4 Å². The number of likely N-dealkylation sites (N-methyl/N-ethyl adjacent to an activating group) is 1.